The van der Waals surface area contributed by atoms with Gasteiger partial charge in [0.15, 0.2) is 11.5 Å². The zero-order valence-corrected chi connectivity index (χ0v) is 32.4. The maximum Gasteiger partial charge on any atom is 0.315 e. The molecule has 0 radical (unpaired) electrons. The van der Waals surface area contributed by atoms with E-state index in [1.54, 1.807) is 21.6 Å². The molecule has 7 N–H and O–H groups in total. The number of aromatic nitrogens is 7. The normalized spacial score (nSPS) is 19.6. The molecule has 5 heterocycles. The van der Waals surface area contributed by atoms with Gasteiger partial charge in [0.2, 0.25) is 5.82 Å². The minimum atomic E-state index is -1.21. The highest BCUT2D eigenvalue weighted by atomic mass is 16.3. The predicted octanol–water partition coefficient (Wildman–Crippen LogP) is 2.76. The molecule has 1 saturated heterocycles. The van der Waals surface area contributed by atoms with Gasteiger partial charge in [-0.2, -0.15) is 5.10 Å². The Kier molecular flexibility index (Phi) is 12.0. The summed E-state index contributed by atoms with van der Waals surface area (Å²) in [6.07, 6.45) is 5.93. The van der Waals surface area contributed by atoms with Crippen molar-refractivity contribution >= 4 is 34.7 Å². The molecule has 17 heteroatoms. The zero-order valence-electron chi connectivity index (χ0n) is 32.4. The lowest BCUT2D eigenvalue weighted by molar-refractivity contribution is 0.00720. The van der Waals surface area contributed by atoms with Crippen LogP contribution in [0.1, 0.15) is 64.6 Å². The third kappa shape index (κ3) is 8.86. The van der Waals surface area contributed by atoms with Gasteiger partial charge < -0.3 is 46.1 Å². The molecule has 0 spiro atoms. The SMILES string of the molecule is O=C(NCCNC(=O)c1nc(NCC(c2ccccc2)c2ccccc2)c2ncn([C@@H]3C[C@H](n4cc(CO)cn4)[C@@H](O)[C@H]3O)c2n1)NC1CCN(c2ccccn2)CC1. The summed E-state index contributed by atoms with van der Waals surface area (Å²) in [7, 11) is 0. The van der Waals surface area contributed by atoms with Crippen molar-refractivity contribution in [3.8, 4) is 0 Å². The molecule has 59 heavy (non-hydrogen) atoms. The number of nitrogens with one attached hydrogen (secondary N) is 4. The van der Waals surface area contributed by atoms with E-state index in [0.29, 0.717) is 29.1 Å². The molecule has 2 aromatic carbocycles. The highest BCUT2D eigenvalue weighted by Crippen LogP contribution is 2.40. The van der Waals surface area contributed by atoms with E-state index >= 15 is 0 Å². The van der Waals surface area contributed by atoms with Gasteiger partial charge in [0.25, 0.3) is 5.91 Å². The highest BCUT2D eigenvalue weighted by molar-refractivity contribution is 5.94. The van der Waals surface area contributed by atoms with Crippen molar-refractivity contribution in [3.05, 3.63) is 126 Å². The lowest BCUT2D eigenvalue weighted by Gasteiger charge is -2.33. The van der Waals surface area contributed by atoms with Crippen LogP contribution in [0.15, 0.2) is 104 Å². The van der Waals surface area contributed by atoms with Crippen molar-refractivity contribution in [1.82, 2.24) is 50.2 Å². The van der Waals surface area contributed by atoms with Gasteiger partial charge >= 0.3 is 6.03 Å². The molecule has 4 aromatic heterocycles. The third-order valence-corrected chi connectivity index (χ3v) is 11.2. The van der Waals surface area contributed by atoms with Gasteiger partial charge in [0, 0.05) is 62.6 Å². The number of imidazole rings is 1. The van der Waals surface area contributed by atoms with E-state index < -0.39 is 30.2 Å². The van der Waals surface area contributed by atoms with E-state index in [0.717, 1.165) is 42.9 Å². The highest BCUT2D eigenvalue weighted by Gasteiger charge is 2.44. The molecule has 6 aromatic rings. The van der Waals surface area contributed by atoms with E-state index in [9.17, 15) is 24.9 Å². The Morgan fingerprint density at radius 3 is 2.20 bits per heavy atom. The fourth-order valence-corrected chi connectivity index (χ4v) is 8.01. The number of carbonyl (C=O) groups is 2. The van der Waals surface area contributed by atoms with Crippen LogP contribution in [0.25, 0.3) is 11.2 Å². The Morgan fingerprint density at radius 2 is 1.53 bits per heavy atom. The van der Waals surface area contributed by atoms with E-state index in [1.165, 1.54) is 12.5 Å². The number of hydrogen-bond donors (Lipinski definition) is 7. The number of nitrogens with zero attached hydrogens (tertiary/aromatic N) is 8. The van der Waals surface area contributed by atoms with Crippen LogP contribution in [0.5, 0.6) is 0 Å². The summed E-state index contributed by atoms with van der Waals surface area (Å²) < 4.78 is 3.22. The van der Waals surface area contributed by atoms with Gasteiger partial charge in [-0.25, -0.2) is 24.7 Å². The van der Waals surface area contributed by atoms with Gasteiger partial charge in [-0.1, -0.05) is 66.7 Å². The summed E-state index contributed by atoms with van der Waals surface area (Å²) in [5.41, 5.74) is 3.44. The number of piperidine rings is 1. The predicted molar refractivity (Wildman–Crippen MR) is 220 cm³/mol. The smallest absolute Gasteiger partial charge is 0.315 e. The van der Waals surface area contributed by atoms with Crippen LogP contribution < -0.4 is 26.2 Å². The first-order valence-electron chi connectivity index (χ1n) is 19.9. The fraction of sp³-hybridized carbons (Fsp3) is 0.357. The standard InChI is InChI=1S/C42H48N12O5/c55-25-27-22-48-54(24-27)33-21-32(36(56)37(33)57)53-26-47-35-38(46-23-31(28-9-3-1-4-10-28)29-11-5-2-6-12-29)50-39(51-40(35)53)41(58)44-17-18-45-42(59)49-30-14-19-52(20-15-30)34-13-7-8-16-43-34/h1-13,16,22,24,26,30-33,36-37,55-57H,14-15,17-21,23,25H2,(H,44,58)(H2,45,49,59)(H,46,50,51)/t32-,33+,36+,37-/m1/s1. The maximum absolute atomic E-state index is 13.7. The van der Waals surface area contributed by atoms with E-state index in [-0.39, 0.29) is 49.9 Å². The molecular formula is C42H48N12O5. The molecule has 3 amide bonds. The molecular weight excluding hydrogens is 753 g/mol. The number of urea groups is 1. The first-order chi connectivity index (χ1) is 28.9. The Labute approximate surface area is 340 Å². The molecule has 2 aliphatic rings. The molecule has 1 saturated carbocycles. The summed E-state index contributed by atoms with van der Waals surface area (Å²) in [4.78, 5) is 47.1. The van der Waals surface area contributed by atoms with E-state index in [2.05, 4.69) is 75.5 Å². The second-order valence-electron chi connectivity index (χ2n) is 14.9. The summed E-state index contributed by atoms with van der Waals surface area (Å²) in [6.45, 7) is 2.07. The number of aliphatic hydroxyl groups excluding tert-OH is 3. The number of anilines is 2. The van der Waals surface area contributed by atoms with Crippen LogP contribution in [0, 0.1) is 0 Å². The largest absolute Gasteiger partial charge is 0.392 e. The Bertz CT molecular complexity index is 2280. The average molecular weight is 801 g/mol. The number of carbonyl (C=O) groups excluding carboxylic acids is 2. The number of aliphatic hydroxyl groups is 3. The van der Waals surface area contributed by atoms with Crippen molar-refractivity contribution in [2.24, 2.45) is 0 Å². The zero-order chi connectivity index (χ0) is 40.7. The van der Waals surface area contributed by atoms with Gasteiger partial charge in [-0.05, 0) is 42.5 Å². The van der Waals surface area contributed by atoms with Crippen LogP contribution in [0.2, 0.25) is 0 Å². The second-order valence-corrected chi connectivity index (χ2v) is 14.9. The Balaban J connectivity index is 0.977. The number of amides is 3. The molecule has 0 bridgehead atoms. The van der Waals surface area contributed by atoms with E-state index in [1.807, 2.05) is 54.6 Å². The van der Waals surface area contributed by atoms with E-state index in [4.69, 9.17) is 0 Å². The van der Waals surface area contributed by atoms with Gasteiger partial charge in [-0.3, -0.25) is 9.48 Å². The number of fused-ring (bicyclic) bond motifs is 1. The molecule has 2 fully saturated rings. The number of pyridine rings is 1. The van der Waals surface area contributed by atoms with Crippen molar-refractivity contribution in [2.75, 3.05) is 42.9 Å². The van der Waals surface area contributed by atoms with Crippen LogP contribution in [-0.2, 0) is 6.61 Å². The molecule has 4 atom stereocenters. The first-order valence-corrected chi connectivity index (χ1v) is 19.9. The molecule has 8 rings (SSSR count). The summed E-state index contributed by atoms with van der Waals surface area (Å²) in [5, 5.41) is 48.5. The average Bonchev–Trinajstić information content (AvgIpc) is 4.01. The minimum Gasteiger partial charge on any atom is -0.392 e. The van der Waals surface area contributed by atoms with Crippen molar-refractivity contribution in [1.29, 1.82) is 0 Å². The maximum atomic E-state index is 13.7. The van der Waals surface area contributed by atoms with Crippen LogP contribution in [-0.4, -0.2) is 113 Å². The molecule has 1 aliphatic heterocycles. The van der Waals surface area contributed by atoms with Gasteiger partial charge in [0.1, 0.15) is 23.5 Å². The number of hydrogen-bond acceptors (Lipinski definition) is 12. The Morgan fingerprint density at radius 1 is 0.831 bits per heavy atom. The van der Waals surface area contributed by atoms with Crippen molar-refractivity contribution in [3.63, 3.8) is 0 Å². The van der Waals surface area contributed by atoms with Gasteiger partial charge in [0.05, 0.1) is 31.2 Å². The lowest BCUT2D eigenvalue weighted by Crippen LogP contribution is -2.49. The fourth-order valence-electron chi connectivity index (χ4n) is 8.01. The quantitative estimate of drug-likeness (QED) is 0.0792. The summed E-state index contributed by atoms with van der Waals surface area (Å²) in [5.74, 6) is 0.486. The Hall–Kier alpha value is -6.43. The van der Waals surface area contributed by atoms with Gasteiger partial charge in [-0.15, -0.1) is 0 Å². The minimum absolute atomic E-state index is 0.0242. The molecule has 0 unspecified atom stereocenters. The topological polar surface area (TPSA) is 220 Å². The van der Waals surface area contributed by atoms with Crippen LogP contribution >= 0.6 is 0 Å². The summed E-state index contributed by atoms with van der Waals surface area (Å²) >= 11 is 0. The molecule has 306 valence electrons. The monoisotopic (exact) mass is 800 g/mol. The van der Waals surface area contributed by atoms with Crippen molar-refractivity contribution < 1.29 is 24.9 Å². The van der Waals surface area contributed by atoms with Crippen LogP contribution in [0.4, 0.5) is 16.4 Å². The second kappa shape index (κ2) is 18.0. The van der Waals surface area contributed by atoms with Crippen LogP contribution in [0.3, 0.4) is 0 Å². The molecule has 1 aliphatic carbocycles. The third-order valence-electron chi connectivity index (χ3n) is 11.2. The first kappa shape index (κ1) is 39.4. The number of benzene rings is 2. The summed E-state index contributed by atoms with van der Waals surface area (Å²) in [6, 6.07) is 24.5. The lowest BCUT2D eigenvalue weighted by atomic mass is 9.91. The number of rotatable bonds is 14. The van der Waals surface area contributed by atoms with Crippen molar-refractivity contribution in [2.45, 2.75) is 62.1 Å². The molecule has 17 nitrogen and oxygen atoms in total.